The van der Waals surface area contributed by atoms with E-state index in [1.54, 1.807) is 0 Å². The molecule has 0 aromatic rings. The first-order valence-corrected chi connectivity index (χ1v) is 2.41. The SMILES string of the molecule is CC(C(=O)O)C(=O)N=[N+]=[N-]. The summed E-state index contributed by atoms with van der Waals surface area (Å²) < 4.78 is 0. The first kappa shape index (κ1) is 8.45. The van der Waals surface area contributed by atoms with Gasteiger partial charge in [0.05, 0.1) is 0 Å². The molecule has 0 radical (unpaired) electrons. The summed E-state index contributed by atoms with van der Waals surface area (Å²) in [6.45, 7) is 1.15. The Hall–Kier alpha value is -1.55. The number of nitrogens with zero attached hydrogens (tertiary/aromatic N) is 3. The molecule has 0 saturated carbocycles. The predicted molar refractivity (Wildman–Crippen MR) is 31.0 cm³/mol. The predicted octanol–water partition coefficient (Wildman–Crippen LogP) is 0.544. The van der Waals surface area contributed by atoms with Crippen molar-refractivity contribution in [3.8, 4) is 0 Å². The number of azide groups is 1. The molecule has 0 heterocycles. The number of carboxylic acid groups (broad SMARTS) is 1. The molecule has 1 atom stereocenters. The molecule has 0 bridgehead atoms. The Kier molecular flexibility index (Phi) is 2.93. The molecule has 6 heteroatoms. The van der Waals surface area contributed by atoms with Gasteiger partial charge in [0.25, 0.3) is 0 Å². The number of aliphatic carboxylic acids is 1. The molecule has 10 heavy (non-hydrogen) atoms. The van der Waals surface area contributed by atoms with Gasteiger partial charge >= 0.3 is 5.97 Å². The van der Waals surface area contributed by atoms with E-state index < -0.39 is 17.8 Å². The van der Waals surface area contributed by atoms with Crippen molar-refractivity contribution in [3.63, 3.8) is 0 Å². The van der Waals surface area contributed by atoms with Crippen LogP contribution in [0.3, 0.4) is 0 Å². The summed E-state index contributed by atoms with van der Waals surface area (Å²) in [5, 5.41) is 10.8. The first-order chi connectivity index (χ1) is 4.59. The van der Waals surface area contributed by atoms with Crippen molar-refractivity contribution in [2.75, 3.05) is 0 Å². The van der Waals surface area contributed by atoms with E-state index >= 15 is 0 Å². The fourth-order valence-electron chi connectivity index (χ4n) is 0.236. The number of carbonyl (C=O) groups is 2. The number of carboxylic acids is 1. The van der Waals surface area contributed by atoms with Crippen molar-refractivity contribution in [1.82, 2.24) is 0 Å². The molecular weight excluding hydrogens is 138 g/mol. The van der Waals surface area contributed by atoms with E-state index in [-0.39, 0.29) is 0 Å². The highest BCUT2D eigenvalue weighted by atomic mass is 16.4. The number of hydrogen-bond donors (Lipinski definition) is 1. The average molecular weight is 143 g/mol. The van der Waals surface area contributed by atoms with E-state index in [2.05, 4.69) is 10.0 Å². The monoisotopic (exact) mass is 143 g/mol. The second-order valence-corrected chi connectivity index (χ2v) is 1.59. The zero-order chi connectivity index (χ0) is 8.15. The third-order valence-electron chi connectivity index (χ3n) is 0.884. The largest absolute Gasteiger partial charge is 0.481 e. The topological polar surface area (TPSA) is 103 Å². The molecule has 0 aromatic heterocycles. The lowest BCUT2D eigenvalue weighted by Gasteiger charge is -1.95. The van der Waals surface area contributed by atoms with Gasteiger partial charge in [-0.2, -0.15) is 0 Å². The number of hydrogen-bond acceptors (Lipinski definition) is 2. The molecule has 1 amide bonds. The van der Waals surface area contributed by atoms with Crippen LogP contribution in [0.1, 0.15) is 6.92 Å². The lowest BCUT2D eigenvalue weighted by atomic mass is 10.2. The number of carbonyl (C=O) groups excluding carboxylic acids is 1. The number of amides is 1. The second kappa shape index (κ2) is 3.47. The minimum Gasteiger partial charge on any atom is -0.481 e. The molecule has 6 nitrogen and oxygen atoms in total. The summed E-state index contributed by atoms with van der Waals surface area (Å²) in [5.74, 6) is -3.52. The van der Waals surface area contributed by atoms with E-state index in [1.807, 2.05) is 0 Å². The molecule has 54 valence electrons. The smallest absolute Gasteiger partial charge is 0.313 e. The summed E-state index contributed by atoms with van der Waals surface area (Å²) in [6, 6.07) is 0. The zero-order valence-electron chi connectivity index (χ0n) is 5.18. The van der Waals surface area contributed by atoms with E-state index in [0.717, 1.165) is 6.92 Å². The minimum atomic E-state index is -1.29. The third-order valence-corrected chi connectivity index (χ3v) is 0.884. The maximum absolute atomic E-state index is 10.4. The van der Waals surface area contributed by atoms with Crippen molar-refractivity contribution in [3.05, 3.63) is 10.4 Å². The molecule has 0 aromatic carbocycles. The molecule has 0 rings (SSSR count). The lowest BCUT2D eigenvalue weighted by molar-refractivity contribution is -0.145. The third kappa shape index (κ3) is 2.15. The van der Waals surface area contributed by atoms with Crippen molar-refractivity contribution in [1.29, 1.82) is 0 Å². The van der Waals surface area contributed by atoms with E-state index in [1.165, 1.54) is 0 Å². The molecule has 0 aliphatic rings. The summed E-state index contributed by atoms with van der Waals surface area (Å²) in [4.78, 5) is 22.5. The van der Waals surface area contributed by atoms with E-state index in [9.17, 15) is 9.59 Å². The molecule has 0 aliphatic carbocycles. The Morgan fingerprint density at radius 1 is 1.70 bits per heavy atom. The van der Waals surface area contributed by atoms with Crippen molar-refractivity contribution in [2.24, 2.45) is 11.0 Å². The van der Waals surface area contributed by atoms with Gasteiger partial charge in [0.1, 0.15) is 5.92 Å². The van der Waals surface area contributed by atoms with Crippen LogP contribution >= 0.6 is 0 Å². The maximum atomic E-state index is 10.4. The Morgan fingerprint density at radius 3 is 2.50 bits per heavy atom. The molecule has 1 unspecified atom stereocenters. The van der Waals surface area contributed by atoms with E-state index in [0.29, 0.717) is 0 Å². The summed E-state index contributed by atoms with van der Waals surface area (Å²) in [6.07, 6.45) is 0. The second-order valence-electron chi connectivity index (χ2n) is 1.59. The number of rotatable bonds is 2. The van der Waals surface area contributed by atoms with Crippen LogP contribution in [0.5, 0.6) is 0 Å². The van der Waals surface area contributed by atoms with Gasteiger partial charge < -0.3 is 5.11 Å². The first-order valence-electron chi connectivity index (χ1n) is 2.41. The van der Waals surface area contributed by atoms with Gasteiger partial charge in [0, 0.05) is 4.91 Å². The summed E-state index contributed by atoms with van der Waals surface area (Å²) >= 11 is 0. The normalized spacial score (nSPS) is 11.3. The van der Waals surface area contributed by atoms with Crippen LogP contribution in [0, 0.1) is 5.92 Å². The van der Waals surface area contributed by atoms with Crippen molar-refractivity contribution in [2.45, 2.75) is 6.92 Å². The molecule has 0 aliphatic heterocycles. The highest BCUT2D eigenvalue weighted by molar-refractivity contribution is 5.96. The molecule has 1 N–H and O–H groups in total. The van der Waals surface area contributed by atoms with E-state index in [4.69, 9.17) is 10.6 Å². The van der Waals surface area contributed by atoms with Crippen LogP contribution in [0.25, 0.3) is 10.4 Å². The minimum absolute atomic E-state index is 0.977. The summed E-state index contributed by atoms with van der Waals surface area (Å²) in [5.41, 5.74) is 7.71. The van der Waals surface area contributed by atoms with Gasteiger partial charge in [-0.25, -0.2) is 0 Å². The molecule has 0 fully saturated rings. The van der Waals surface area contributed by atoms with Gasteiger partial charge in [0.2, 0.25) is 5.91 Å². The average Bonchev–Trinajstić information content (AvgIpc) is 1.87. The molecule has 0 saturated heterocycles. The van der Waals surface area contributed by atoms with Crippen LogP contribution in [0.2, 0.25) is 0 Å². The van der Waals surface area contributed by atoms with Crippen LogP contribution < -0.4 is 0 Å². The van der Waals surface area contributed by atoms with Crippen LogP contribution in [0.15, 0.2) is 5.11 Å². The van der Waals surface area contributed by atoms with Gasteiger partial charge in [-0.05, 0) is 17.6 Å². The Labute approximate surface area is 56.1 Å². The van der Waals surface area contributed by atoms with Crippen molar-refractivity contribution < 1.29 is 14.7 Å². The highest BCUT2D eigenvalue weighted by Gasteiger charge is 2.18. The Bertz CT molecular complexity index is 206. The Morgan fingerprint density at radius 2 is 2.20 bits per heavy atom. The van der Waals surface area contributed by atoms with Crippen molar-refractivity contribution >= 4 is 11.9 Å². The van der Waals surface area contributed by atoms with Crippen LogP contribution in [-0.4, -0.2) is 17.0 Å². The fraction of sp³-hybridized carbons (Fsp3) is 0.500. The highest BCUT2D eigenvalue weighted by Crippen LogP contribution is 1.97. The molecule has 0 spiro atoms. The maximum Gasteiger partial charge on any atom is 0.313 e. The van der Waals surface area contributed by atoms with Gasteiger partial charge in [0.15, 0.2) is 0 Å². The van der Waals surface area contributed by atoms with Crippen LogP contribution in [0.4, 0.5) is 0 Å². The Balaban J connectivity index is 4.21. The zero-order valence-corrected chi connectivity index (χ0v) is 5.18. The van der Waals surface area contributed by atoms with Crippen LogP contribution in [-0.2, 0) is 9.59 Å². The quantitative estimate of drug-likeness (QED) is 0.264. The van der Waals surface area contributed by atoms with Gasteiger partial charge in [-0.15, -0.1) is 0 Å². The fourth-order valence-corrected chi connectivity index (χ4v) is 0.236. The molecular formula is C4H5N3O3. The lowest BCUT2D eigenvalue weighted by Crippen LogP contribution is -2.17. The van der Waals surface area contributed by atoms with Gasteiger partial charge in [-0.1, -0.05) is 0 Å². The van der Waals surface area contributed by atoms with Gasteiger partial charge in [-0.3, -0.25) is 9.59 Å². The summed E-state index contributed by atoms with van der Waals surface area (Å²) in [7, 11) is 0. The standard InChI is InChI=1S/C4H5N3O3/c1-2(4(9)10)3(8)6-7-5/h2H,1H3,(H,9,10).